The zero-order chi connectivity index (χ0) is 27.3. The van der Waals surface area contributed by atoms with Crippen LogP contribution in [0.5, 0.6) is 0 Å². The summed E-state index contributed by atoms with van der Waals surface area (Å²) in [6.07, 6.45) is 1.60. The van der Waals surface area contributed by atoms with E-state index in [0.717, 1.165) is 10.0 Å². The Bertz CT molecular complexity index is 933. The Hall–Kier alpha value is -2.19. The molecule has 0 unspecified atom stereocenters. The molecule has 0 aliphatic heterocycles. The highest BCUT2D eigenvalue weighted by atomic mass is 79.9. The normalized spacial score (nSPS) is 15.4. The summed E-state index contributed by atoms with van der Waals surface area (Å²) in [6.45, 7) is 15.1. The van der Waals surface area contributed by atoms with Gasteiger partial charge in [0.25, 0.3) is 0 Å². The Morgan fingerprint density at radius 3 is 1.94 bits per heavy atom. The van der Waals surface area contributed by atoms with Gasteiger partial charge >= 0.3 is 5.97 Å². The standard InChI is InChI=1S/C27H42BrN3O4/c1-16(2)20(15-17(3)25(34)35)31(10)24(33)22(26(4,5)6)30-23(32)21(29-9)27(7,8)18-11-13-19(28)14-12-18/h11-16,20-22,29H,1-10H3,(H,30,32)(H,34,35)/b17-15+/t20-,21+,22-/m1/s1. The molecule has 3 atom stereocenters. The van der Waals surface area contributed by atoms with Crippen LogP contribution in [0.25, 0.3) is 0 Å². The molecule has 0 aromatic heterocycles. The molecule has 0 aliphatic rings. The van der Waals surface area contributed by atoms with Crippen molar-refractivity contribution in [3.05, 3.63) is 46.0 Å². The van der Waals surface area contributed by atoms with Crippen LogP contribution in [0.15, 0.2) is 40.4 Å². The van der Waals surface area contributed by atoms with Crippen LogP contribution in [0.4, 0.5) is 0 Å². The molecule has 1 aromatic carbocycles. The van der Waals surface area contributed by atoms with Gasteiger partial charge in [0.15, 0.2) is 0 Å². The van der Waals surface area contributed by atoms with Crippen molar-refractivity contribution in [2.24, 2.45) is 11.3 Å². The minimum atomic E-state index is -1.02. The molecule has 196 valence electrons. The number of carboxylic acid groups (broad SMARTS) is 1. The quantitative estimate of drug-likeness (QED) is 0.375. The molecule has 0 aliphatic carbocycles. The number of amides is 2. The fourth-order valence-corrected chi connectivity index (χ4v) is 4.43. The van der Waals surface area contributed by atoms with Gasteiger partial charge in [-0.25, -0.2) is 4.79 Å². The average molecular weight is 553 g/mol. The van der Waals surface area contributed by atoms with Crippen molar-refractivity contribution >= 4 is 33.7 Å². The van der Waals surface area contributed by atoms with Crippen LogP contribution >= 0.6 is 15.9 Å². The number of halogens is 1. The lowest BCUT2D eigenvalue weighted by Crippen LogP contribution is -2.61. The summed E-state index contributed by atoms with van der Waals surface area (Å²) in [5, 5.41) is 15.5. The van der Waals surface area contributed by atoms with E-state index in [9.17, 15) is 19.5 Å². The first-order valence-electron chi connectivity index (χ1n) is 11.9. The molecule has 0 spiro atoms. The van der Waals surface area contributed by atoms with Gasteiger partial charge in [-0.2, -0.15) is 0 Å². The van der Waals surface area contributed by atoms with Crippen LogP contribution < -0.4 is 10.6 Å². The summed E-state index contributed by atoms with van der Waals surface area (Å²) in [6, 6.07) is 6.00. The SMILES string of the molecule is CN[C@@H](C(=O)N[C@H](C(=O)N(C)[C@H](/C=C(\C)C(=O)O)C(C)C)C(C)(C)C)C(C)(C)c1ccc(Br)cc1. The number of carbonyl (C=O) groups is 3. The third-order valence-electron chi connectivity index (χ3n) is 6.50. The second kappa shape index (κ2) is 12.2. The van der Waals surface area contributed by atoms with Gasteiger partial charge in [-0.05, 0) is 43.0 Å². The van der Waals surface area contributed by atoms with E-state index < -0.39 is 34.9 Å². The lowest BCUT2D eigenvalue weighted by molar-refractivity contribution is -0.141. The maximum Gasteiger partial charge on any atom is 0.331 e. The summed E-state index contributed by atoms with van der Waals surface area (Å²) >= 11 is 3.45. The highest BCUT2D eigenvalue weighted by Gasteiger charge is 2.41. The predicted molar refractivity (Wildman–Crippen MR) is 144 cm³/mol. The lowest BCUT2D eigenvalue weighted by Gasteiger charge is -2.40. The zero-order valence-corrected chi connectivity index (χ0v) is 24.3. The highest BCUT2D eigenvalue weighted by molar-refractivity contribution is 9.10. The van der Waals surface area contributed by atoms with E-state index >= 15 is 0 Å². The Kier molecular flexibility index (Phi) is 10.7. The third kappa shape index (κ3) is 7.90. The topological polar surface area (TPSA) is 98.7 Å². The van der Waals surface area contributed by atoms with Crippen molar-refractivity contribution < 1.29 is 19.5 Å². The van der Waals surface area contributed by atoms with Crippen LogP contribution in [-0.2, 0) is 19.8 Å². The molecule has 1 rings (SSSR count). The van der Waals surface area contributed by atoms with E-state index in [1.807, 2.05) is 72.7 Å². The number of carboxylic acids is 1. The second-order valence-corrected chi connectivity index (χ2v) is 12.0. The molecule has 0 fully saturated rings. The molecular weight excluding hydrogens is 510 g/mol. The zero-order valence-electron chi connectivity index (χ0n) is 22.7. The van der Waals surface area contributed by atoms with Crippen molar-refractivity contribution in [2.45, 2.75) is 78.9 Å². The number of nitrogens with one attached hydrogen (secondary N) is 2. The van der Waals surface area contributed by atoms with Crippen LogP contribution in [0.2, 0.25) is 0 Å². The van der Waals surface area contributed by atoms with Gasteiger partial charge in [-0.15, -0.1) is 0 Å². The van der Waals surface area contributed by atoms with Gasteiger partial charge in [-0.3, -0.25) is 9.59 Å². The van der Waals surface area contributed by atoms with E-state index in [0.29, 0.717) is 0 Å². The van der Waals surface area contributed by atoms with Gasteiger partial charge in [0.1, 0.15) is 6.04 Å². The van der Waals surface area contributed by atoms with Crippen LogP contribution in [-0.4, -0.2) is 60.0 Å². The first-order chi connectivity index (χ1) is 15.9. The van der Waals surface area contributed by atoms with Gasteiger partial charge < -0.3 is 20.6 Å². The van der Waals surface area contributed by atoms with E-state index in [-0.39, 0.29) is 23.3 Å². The van der Waals surface area contributed by atoms with Crippen molar-refractivity contribution in [3.8, 4) is 0 Å². The van der Waals surface area contributed by atoms with Crippen molar-refractivity contribution in [2.75, 3.05) is 14.1 Å². The predicted octanol–water partition coefficient (Wildman–Crippen LogP) is 4.36. The minimum Gasteiger partial charge on any atom is -0.478 e. The van der Waals surface area contributed by atoms with Gasteiger partial charge in [0.2, 0.25) is 11.8 Å². The molecule has 35 heavy (non-hydrogen) atoms. The third-order valence-corrected chi connectivity index (χ3v) is 7.03. The van der Waals surface area contributed by atoms with Crippen molar-refractivity contribution in [1.82, 2.24) is 15.5 Å². The largest absolute Gasteiger partial charge is 0.478 e. The van der Waals surface area contributed by atoms with Crippen LogP contribution in [0.3, 0.4) is 0 Å². The number of carbonyl (C=O) groups excluding carboxylic acids is 2. The van der Waals surface area contributed by atoms with Crippen molar-refractivity contribution in [1.29, 1.82) is 0 Å². The monoisotopic (exact) mass is 551 g/mol. The first kappa shape index (κ1) is 30.8. The van der Waals surface area contributed by atoms with Gasteiger partial charge in [-0.1, -0.05) is 82.6 Å². The molecular formula is C27H42BrN3O4. The molecule has 3 N–H and O–H groups in total. The number of rotatable bonds is 10. The van der Waals surface area contributed by atoms with Crippen LogP contribution in [0.1, 0.15) is 61.0 Å². The molecule has 8 heteroatoms. The summed E-state index contributed by atoms with van der Waals surface area (Å²) in [5.41, 5.74) is 0.0265. The smallest absolute Gasteiger partial charge is 0.331 e. The maximum absolute atomic E-state index is 13.7. The average Bonchev–Trinajstić information content (AvgIpc) is 2.74. The van der Waals surface area contributed by atoms with E-state index in [2.05, 4.69) is 26.6 Å². The van der Waals surface area contributed by atoms with E-state index in [1.165, 1.54) is 6.92 Å². The van der Waals surface area contributed by atoms with Gasteiger partial charge in [0.05, 0.1) is 12.1 Å². The first-order valence-corrected chi connectivity index (χ1v) is 12.7. The van der Waals surface area contributed by atoms with E-state index in [4.69, 9.17) is 0 Å². The Morgan fingerprint density at radius 1 is 1.03 bits per heavy atom. The summed E-state index contributed by atoms with van der Waals surface area (Å²) in [7, 11) is 3.39. The number of hydrogen-bond acceptors (Lipinski definition) is 4. The van der Waals surface area contributed by atoms with E-state index in [1.54, 1.807) is 25.1 Å². The molecule has 7 nitrogen and oxygen atoms in total. The van der Waals surface area contributed by atoms with Crippen molar-refractivity contribution in [3.63, 3.8) is 0 Å². The summed E-state index contributed by atoms with van der Waals surface area (Å²) < 4.78 is 0.954. The fourth-order valence-electron chi connectivity index (χ4n) is 4.17. The molecule has 0 heterocycles. The molecule has 0 bridgehead atoms. The minimum absolute atomic E-state index is 0.0176. The Balaban J connectivity index is 3.30. The Labute approximate surface area is 218 Å². The maximum atomic E-state index is 13.7. The highest BCUT2D eigenvalue weighted by Crippen LogP contribution is 2.30. The second-order valence-electron chi connectivity index (χ2n) is 11.1. The number of hydrogen-bond donors (Lipinski definition) is 3. The Morgan fingerprint density at radius 2 is 1.54 bits per heavy atom. The molecule has 0 saturated heterocycles. The molecule has 0 radical (unpaired) electrons. The number of nitrogens with zero attached hydrogens (tertiary/aromatic N) is 1. The number of benzene rings is 1. The molecule has 0 saturated carbocycles. The fraction of sp³-hybridized carbons (Fsp3) is 0.593. The van der Waals surface area contributed by atoms with Gasteiger partial charge in [0, 0.05) is 22.5 Å². The summed E-state index contributed by atoms with van der Waals surface area (Å²) in [5.74, 6) is -1.59. The number of likely N-dealkylation sites (N-methyl/N-ethyl adjacent to an activating group) is 2. The molecule has 1 aromatic rings. The molecule has 2 amide bonds. The lowest BCUT2D eigenvalue weighted by atomic mass is 9.76. The summed E-state index contributed by atoms with van der Waals surface area (Å²) in [4.78, 5) is 40.2. The number of aliphatic carboxylic acids is 1. The van der Waals surface area contributed by atoms with Crippen LogP contribution in [0, 0.1) is 11.3 Å².